The van der Waals surface area contributed by atoms with Crippen molar-refractivity contribution in [2.75, 3.05) is 10.9 Å². The zero-order valence-corrected chi connectivity index (χ0v) is 19.8. The number of benzene rings is 3. The second kappa shape index (κ2) is 10.6. The number of rotatable bonds is 9. The van der Waals surface area contributed by atoms with Crippen molar-refractivity contribution in [3.05, 3.63) is 96.0 Å². The third-order valence-corrected chi connectivity index (χ3v) is 7.50. The Hall–Kier alpha value is -3.17. The van der Waals surface area contributed by atoms with E-state index in [1.54, 1.807) is 13.0 Å². The first-order chi connectivity index (χ1) is 16.5. The van der Waals surface area contributed by atoms with E-state index in [0.717, 1.165) is 28.7 Å². The summed E-state index contributed by atoms with van der Waals surface area (Å²) >= 11 is 0. The fraction of sp³-hybridized carbons (Fsp3) is 0.231. The number of unbranched alkanes of at least 4 members (excludes halogenated alkanes) is 1. The van der Waals surface area contributed by atoms with Crippen LogP contribution in [0.1, 0.15) is 29.5 Å². The van der Waals surface area contributed by atoms with E-state index in [9.17, 15) is 26.0 Å². The van der Waals surface area contributed by atoms with Gasteiger partial charge in [0.25, 0.3) is 10.0 Å². The first-order valence-electron chi connectivity index (χ1n) is 10.8. The molecule has 9 heteroatoms. The summed E-state index contributed by atoms with van der Waals surface area (Å²) in [6.45, 7) is 5.18. The number of anilines is 1. The quantitative estimate of drug-likeness (QED) is 0.267. The number of halogens is 4. The Kier molecular flexibility index (Phi) is 8.02. The largest absolute Gasteiger partial charge is 0.416 e. The maximum atomic E-state index is 13.9. The molecule has 0 saturated carbocycles. The van der Waals surface area contributed by atoms with E-state index in [-0.39, 0.29) is 17.2 Å². The molecule has 0 spiro atoms. The Morgan fingerprint density at radius 3 is 2.31 bits per heavy atom. The SMILES string of the molecule is C=CN(c1ccc(F)cc1CCCCO)S(=O)(=O)c1cccc(-c2ccc(C(F)(F)F)cc2)c1C. The molecular formula is C26H25F4NO3S. The molecule has 35 heavy (non-hydrogen) atoms. The highest BCUT2D eigenvalue weighted by molar-refractivity contribution is 7.93. The van der Waals surface area contributed by atoms with Crippen molar-refractivity contribution >= 4 is 15.7 Å². The van der Waals surface area contributed by atoms with Gasteiger partial charge in [0.1, 0.15) is 5.82 Å². The summed E-state index contributed by atoms with van der Waals surface area (Å²) in [6, 6.07) is 12.8. The monoisotopic (exact) mass is 507 g/mol. The van der Waals surface area contributed by atoms with Gasteiger partial charge < -0.3 is 5.11 Å². The Labute approximate surface area is 202 Å². The molecular weight excluding hydrogens is 482 g/mol. The molecule has 0 aromatic heterocycles. The molecule has 0 saturated heterocycles. The number of alkyl halides is 3. The van der Waals surface area contributed by atoms with Gasteiger partial charge in [-0.2, -0.15) is 13.2 Å². The average molecular weight is 508 g/mol. The minimum Gasteiger partial charge on any atom is -0.396 e. The number of aryl methyl sites for hydroxylation is 1. The summed E-state index contributed by atoms with van der Waals surface area (Å²) in [4.78, 5) is -0.0552. The molecule has 0 aliphatic heterocycles. The number of hydrogen-bond acceptors (Lipinski definition) is 3. The van der Waals surface area contributed by atoms with Gasteiger partial charge in [0.2, 0.25) is 0 Å². The maximum Gasteiger partial charge on any atom is 0.416 e. The van der Waals surface area contributed by atoms with Gasteiger partial charge in [0.15, 0.2) is 0 Å². The van der Waals surface area contributed by atoms with Crippen molar-refractivity contribution in [1.82, 2.24) is 0 Å². The molecule has 0 bridgehead atoms. The summed E-state index contributed by atoms with van der Waals surface area (Å²) in [6.07, 6.45) is -2.00. The van der Waals surface area contributed by atoms with Crippen LogP contribution in [0.3, 0.4) is 0 Å². The van der Waals surface area contributed by atoms with E-state index in [2.05, 4.69) is 6.58 Å². The van der Waals surface area contributed by atoms with Crippen LogP contribution in [-0.2, 0) is 22.6 Å². The van der Waals surface area contributed by atoms with Crippen LogP contribution in [0, 0.1) is 12.7 Å². The number of aliphatic hydroxyl groups excluding tert-OH is 1. The highest BCUT2D eigenvalue weighted by atomic mass is 32.2. The minimum absolute atomic E-state index is 0.0376. The predicted octanol–water partition coefficient (Wildman–Crippen LogP) is 6.47. The van der Waals surface area contributed by atoms with Gasteiger partial charge in [-0.15, -0.1) is 0 Å². The van der Waals surface area contributed by atoms with Crippen molar-refractivity contribution in [2.45, 2.75) is 37.3 Å². The van der Waals surface area contributed by atoms with E-state index in [1.165, 1.54) is 36.4 Å². The van der Waals surface area contributed by atoms with Gasteiger partial charge in [-0.3, -0.25) is 0 Å². The van der Waals surface area contributed by atoms with Crippen LogP contribution < -0.4 is 4.31 Å². The smallest absolute Gasteiger partial charge is 0.396 e. The van der Waals surface area contributed by atoms with E-state index in [0.29, 0.717) is 41.5 Å². The molecule has 0 unspecified atom stereocenters. The second-order valence-corrected chi connectivity index (χ2v) is 9.72. The van der Waals surface area contributed by atoms with Crippen LogP contribution in [-0.4, -0.2) is 20.1 Å². The van der Waals surface area contributed by atoms with Crippen molar-refractivity contribution < 1.29 is 31.1 Å². The van der Waals surface area contributed by atoms with Gasteiger partial charge in [-0.05, 0) is 84.8 Å². The normalized spacial score (nSPS) is 11.9. The van der Waals surface area contributed by atoms with Crippen LogP contribution >= 0.6 is 0 Å². The zero-order chi connectivity index (χ0) is 25.8. The molecule has 0 aliphatic carbocycles. The molecule has 0 atom stereocenters. The minimum atomic E-state index is -4.48. The lowest BCUT2D eigenvalue weighted by Crippen LogP contribution is -2.27. The summed E-state index contributed by atoms with van der Waals surface area (Å²) in [7, 11) is -4.20. The number of hydrogen-bond donors (Lipinski definition) is 1. The van der Waals surface area contributed by atoms with Crippen LogP contribution in [0.5, 0.6) is 0 Å². The zero-order valence-electron chi connectivity index (χ0n) is 19.0. The third kappa shape index (κ3) is 5.74. The number of sulfonamides is 1. The lowest BCUT2D eigenvalue weighted by molar-refractivity contribution is -0.137. The van der Waals surface area contributed by atoms with Crippen molar-refractivity contribution in [3.8, 4) is 11.1 Å². The summed E-state index contributed by atoms with van der Waals surface area (Å²) in [5, 5.41) is 9.05. The first-order valence-corrected chi connectivity index (χ1v) is 12.3. The number of nitrogens with zero attached hydrogens (tertiary/aromatic N) is 1. The number of aliphatic hydroxyl groups is 1. The first kappa shape index (κ1) is 26.4. The van der Waals surface area contributed by atoms with Crippen LogP contribution in [0.4, 0.5) is 23.2 Å². The van der Waals surface area contributed by atoms with Gasteiger partial charge >= 0.3 is 6.18 Å². The fourth-order valence-corrected chi connectivity index (χ4v) is 5.47. The van der Waals surface area contributed by atoms with Gasteiger partial charge in [0.05, 0.1) is 16.1 Å². The standard InChI is InChI=1S/C26H25F4NO3S/c1-3-31(24-15-14-22(27)17-20(24)7-4-5-16-32)35(33,34)25-9-6-8-23(18(25)2)19-10-12-21(13-11-19)26(28,29)30/h3,6,8-15,17,32H,1,4-5,7,16H2,2H3. The molecule has 3 aromatic carbocycles. The van der Waals surface area contributed by atoms with E-state index in [4.69, 9.17) is 5.11 Å². The van der Waals surface area contributed by atoms with Crippen LogP contribution in [0.15, 0.2) is 78.3 Å². The topological polar surface area (TPSA) is 57.6 Å². The predicted molar refractivity (Wildman–Crippen MR) is 128 cm³/mol. The maximum absolute atomic E-state index is 13.9. The Morgan fingerprint density at radius 1 is 1.03 bits per heavy atom. The molecule has 0 radical (unpaired) electrons. The average Bonchev–Trinajstić information content (AvgIpc) is 2.80. The second-order valence-electron chi connectivity index (χ2n) is 7.94. The summed E-state index contributed by atoms with van der Waals surface area (Å²) in [5.41, 5.74) is 1.13. The fourth-order valence-electron chi connectivity index (χ4n) is 3.87. The lowest BCUT2D eigenvalue weighted by atomic mass is 9.99. The summed E-state index contributed by atoms with van der Waals surface area (Å²) in [5.74, 6) is -0.519. The van der Waals surface area contributed by atoms with E-state index < -0.39 is 27.6 Å². The Balaban J connectivity index is 2.06. The molecule has 4 nitrogen and oxygen atoms in total. The molecule has 3 aromatic rings. The van der Waals surface area contributed by atoms with Crippen molar-refractivity contribution in [3.63, 3.8) is 0 Å². The Morgan fingerprint density at radius 2 is 1.71 bits per heavy atom. The third-order valence-electron chi connectivity index (χ3n) is 5.64. The molecule has 1 N–H and O–H groups in total. The Bertz CT molecular complexity index is 1300. The lowest BCUT2D eigenvalue weighted by Gasteiger charge is -2.24. The van der Waals surface area contributed by atoms with Crippen molar-refractivity contribution in [1.29, 1.82) is 0 Å². The molecule has 0 amide bonds. The highest BCUT2D eigenvalue weighted by Gasteiger charge is 2.31. The van der Waals surface area contributed by atoms with Crippen LogP contribution in [0.25, 0.3) is 11.1 Å². The van der Waals surface area contributed by atoms with Gasteiger partial charge in [-0.1, -0.05) is 30.8 Å². The van der Waals surface area contributed by atoms with Crippen molar-refractivity contribution in [2.24, 2.45) is 0 Å². The molecule has 186 valence electrons. The molecule has 0 fully saturated rings. The molecule has 0 aliphatic rings. The summed E-state index contributed by atoms with van der Waals surface area (Å²) < 4.78 is 81.1. The van der Waals surface area contributed by atoms with E-state index in [1.807, 2.05) is 0 Å². The molecule has 3 rings (SSSR count). The van der Waals surface area contributed by atoms with Gasteiger partial charge in [-0.25, -0.2) is 17.1 Å². The van der Waals surface area contributed by atoms with E-state index >= 15 is 0 Å². The van der Waals surface area contributed by atoms with Crippen LogP contribution in [0.2, 0.25) is 0 Å². The van der Waals surface area contributed by atoms with Gasteiger partial charge in [0, 0.05) is 12.8 Å². The highest BCUT2D eigenvalue weighted by Crippen LogP contribution is 2.35. The molecule has 0 heterocycles.